The van der Waals surface area contributed by atoms with Crippen LogP contribution in [0.15, 0.2) is 24.3 Å². The Hall–Kier alpha value is -1.26. The standard InChI is InChI=1S/C14H17N3S/c1-2-13-14(18-17-16-13)12(15)8-10-7-9-5-3-4-6-11(9)10/h3-6,10,12H,2,7-8,15H2,1H3. The van der Waals surface area contributed by atoms with Crippen LogP contribution in [0, 0.1) is 0 Å². The van der Waals surface area contributed by atoms with E-state index in [2.05, 4.69) is 40.8 Å². The molecule has 1 aromatic heterocycles. The number of nitrogens with two attached hydrogens (primary N) is 1. The van der Waals surface area contributed by atoms with Crippen LogP contribution in [0.25, 0.3) is 0 Å². The zero-order valence-electron chi connectivity index (χ0n) is 10.5. The van der Waals surface area contributed by atoms with Crippen LogP contribution in [0.4, 0.5) is 0 Å². The maximum absolute atomic E-state index is 6.31. The second-order valence-corrected chi connectivity index (χ2v) is 5.67. The molecule has 3 rings (SSSR count). The van der Waals surface area contributed by atoms with Gasteiger partial charge in [-0.25, -0.2) is 0 Å². The Morgan fingerprint density at radius 2 is 2.28 bits per heavy atom. The van der Waals surface area contributed by atoms with Gasteiger partial charge in [-0.1, -0.05) is 35.7 Å². The van der Waals surface area contributed by atoms with Gasteiger partial charge in [-0.2, -0.15) is 0 Å². The molecule has 0 aliphatic heterocycles. The first-order chi connectivity index (χ1) is 8.79. The van der Waals surface area contributed by atoms with Crippen molar-refractivity contribution >= 4 is 11.5 Å². The Kier molecular flexibility index (Phi) is 3.14. The minimum Gasteiger partial charge on any atom is -0.323 e. The van der Waals surface area contributed by atoms with Crippen molar-refractivity contribution in [3.8, 4) is 0 Å². The summed E-state index contributed by atoms with van der Waals surface area (Å²) in [5, 5.41) is 4.14. The van der Waals surface area contributed by atoms with Gasteiger partial charge in [0, 0.05) is 6.04 Å². The van der Waals surface area contributed by atoms with Crippen LogP contribution in [0.2, 0.25) is 0 Å². The first-order valence-electron chi connectivity index (χ1n) is 6.44. The Bertz CT molecular complexity index is 549. The van der Waals surface area contributed by atoms with E-state index in [4.69, 9.17) is 5.73 Å². The molecule has 18 heavy (non-hydrogen) atoms. The van der Waals surface area contributed by atoms with Crippen molar-refractivity contribution in [1.82, 2.24) is 9.59 Å². The molecule has 2 aromatic rings. The van der Waals surface area contributed by atoms with Crippen molar-refractivity contribution in [2.75, 3.05) is 0 Å². The van der Waals surface area contributed by atoms with Crippen LogP contribution in [0.1, 0.15) is 47.0 Å². The van der Waals surface area contributed by atoms with E-state index in [1.165, 1.54) is 27.5 Å². The number of aryl methyl sites for hydroxylation is 1. The highest BCUT2D eigenvalue weighted by Gasteiger charge is 2.28. The number of benzene rings is 1. The molecule has 1 aliphatic rings. The van der Waals surface area contributed by atoms with Gasteiger partial charge in [0.15, 0.2) is 0 Å². The Morgan fingerprint density at radius 3 is 3.06 bits per heavy atom. The lowest BCUT2D eigenvalue weighted by Gasteiger charge is -2.31. The molecule has 0 amide bonds. The highest BCUT2D eigenvalue weighted by molar-refractivity contribution is 7.05. The number of fused-ring (bicyclic) bond motifs is 1. The van der Waals surface area contributed by atoms with Gasteiger partial charge in [0.1, 0.15) is 0 Å². The predicted molar refractivity (Wildman–Crippen MR) is 73.7 cm³/mol. The molecule has 0 spiro atoms. The average Bonchev–Trinajstić information content (AvgIpc) is 2.84. The lowest BCUT2D eigenvalue weighted by Crippen LogP contribution is -2.22. The minimum absolute atomic E-state index is 0.0818. The van der Waals surface area contributed by atoms with Crippen LogP contribution in [-0.4, -0.2) is 9.59 Å². The lowest BCUT2D eigenvalue weighted by atomic mass is 9.74. The largest absolute Gasteiger partial charge is 0.323 e. The highest BCUT2D eigenvalue weighted by atomic mass is 32.1. The van der Waals surface area contributed by atoms with Gasteiger partial charge in [0.2, 0.25) is 0 Å². The van der Waals surface area contributed by atoms with E-state index in [0.717, 1.165) is 25.0 Å². The third-order valence-electron chi connectivity index (χ3n) is 3.76. The molecular formula is C14H17N3S. The zero-order valence-corrected chi connectivity index (χ0v) is 11.3. The molecule has 0 fully saturated rings. The number of nitrogens with zero attached hydrogens (tertiary/aromatic N) is 2. The first-order valence-corrected chi connectivity index (χ1v) is 7.21. The number of hydrogen-bond donors (Lipinski definition) is 1. The first kappa shape index (κ1) is 11.8. The molecule has 0 bridgehead atoms. The third kappa shape index (κ3) is 1.95. The van der Waals surface area contributed by atoms with E-state index in [-0.39, 0.29) is 6.04 Å². The topological polar surface area (TPSA) is 51.8 Å². The van der Waals surface area contributed by atoms with Gasteiger partial charge in [-0.3, -0.25) is 0 Å². The summed E-state index contributed by atoms with van der Waals surface area (Å²) in [5.74, 6) is 0.614. The van der Waals surface area contributed by atoms with Crippen molar-refractivity contribution in [3.05, 3.63) is 46.0 Å². The molecule has 2 unspecified atom stereocenters. The summed E-state index contributed by atoms with van der Waals surface area (Å²) in [7, 11) is 0. The summed E-state index contributed by atoms with van der Waals surface area (Å²) < 4.78 is 4.02. The molecule has 0 radical (unpaired) electrons. The average molecular weight is 259 g/mol. The summed E-state index contributed by atoms with van der Waals surface area (Å²) >= 11 is 1.45. The number of aromatic nitrogens is 2. The van der Waals surface area contributed by atoms with Crippen LogP contribution in [-0.2, 0) is 12.8 Å². The molecule has 0 saturated carbocycles. The van der Waals surface area contributed by atoms with Crippen molar-refractivity contribution in [2.45, 2.75) is 38.1 Å². The number of hydrogen-bond acceptors (Lipinski definition) is 4. The van der Waals surface area contributed by atoms with Gasteiger partial charge in [0.05, 0.1) is 10.6 Å². The van der Waals surface area contributed by atoms with Gasteiger partial charge in [-0.05, 0) is 47.8 Å². The van der Waals surface area contributed by atoms with Crippen molar-refractivity contribution in [3.63, 3.8) is 0 Å². The minimum atomic E-state index is 0.0818. The van der Waals surface area contributed by atoms with Crippen LogP contribution < -0.4 is 5.73 Å². The maximum Gasteiger partial charge on any atom is 0.0800 e. The summed E-state index contributed by atoms with van der Waals surface area (Å²) in [4.78, 5) is 1.17. The fourth-order valence-corrected chi connectivity index (χ4v) is 3.48. The predicted octanol–water partition coefficient (Wildman–Crippen LogP) is 2.83. The Labute approximate surface area is 111 Å². The summed E-state index contributed by atoms with van der Waals surface area (Å²) in [6, 6.07) is 8.74. The summed E-state index contributed by atoms with van der Waals surface area (Å²) in [6.45, 7) is 2.10. The zero-order chi connectivity index (χ0) is 12.5. The fourth-order valence-electron chi connectivity index (χ4n) is 2.73. The molecule has 0 saturated heterocycles. The van der Waals surface area contributed by atoms with Crippen LogP contribution in [0.5, 0.6) is 0 Å². The normalized spacial score (nSPS) is 19.1. The lowest BCUT2D eigenvalue weighted by molar-refractivity contribution is 0.500. The van der Waals surface area contributed by atoms with E-state index in [1.807, 2.05) is 0 Å². The molecule has 3 nitrogen and oxygen atoms in total. The van der Waals surface area contributed by atoms with Gasteiger partial charge < -0.3 is 5.73 Å². The second kappa shape index (κ2) is 4.78. The van der Waals surface area contributed by atoms with E-state index < -0.39 is 0 Å². The number of rotatable bonds is 4. The Morgan fingerprint density at radius 1 is 1.44 bits per heavy atom. The van der Waals surface area contributed by atoms with Crippen molar-refractivity contribution in [1.29, 1.82) is 0 Å². The third-order valence-corrected chi connectivity index (χ3v) is 4.65. The van der Waals surface area contributed by atoms with E-state index in [9.17, 15) is 0 Å². The molecule has 1 heterocycles. The van der Waals surface area contributed by atoms with Gasteiger partial charge in [-0.15, -0.1) is 5.10 Å². The quantitative estimate of drug-likeness (QED) is 0.918. The van der Waals surface area contributed by atoms with Crippen molar-refractivity contribution in [2.24, 2.45) is 5.73 Å². The fraction of sp³-hybridized carbons (Fsp3) is 0.429. The molecular weight excluding hydrogens is 242 g/mol. The van der Waals surface area contributed by atoms with Gasteiger partial charge in [0.25, 0.3) is 0 Å². The summed E-state index contributed by atoms with van der Waals surface area (Å²) in [5.41, 5.74) is 10.3. The van der Waals surface area contributed by atoms with Crippen LogP contribution >= 0.6 is 11.5 Å². The molecule has 2 atom stereocenters. The molecule has 2 N–H and O–H groups in total. The molecule has 1 aromatic carbocycles. The smallest absolute Gasteiger partial charge is 0.0800 e. The summed E-state index contributed by atoms with van der Waals surface area (Å²) in [6.07, 6.45) is 3.09. The van der Waals surface area contributed by atoms with Crippen molar-refractivity contribution < 1.29 is 0 Å². The molecule has 94 valence electrons. The highest BCUT2D eigenvalue weighted by Crippen LogP contribution is 2.40. The maximum atomic E-state index is 6.31. The SMILES string of the molecule is CCc1nnsc1C(N)CC1Cc2ccccc21. The second-order valence-electron chi connectivity index (χ2n) is 4.88. The monoisotopic (exact) mass is 259 g/mol. The van der Waals surface area contributed by atoms with E-state index >= 15 is 0 Å². The molecule has 1 aliphatic carbocycles. The van der Waals surface area contributed by atoms with E-state index in [0.29, 0.717) is 5.92 Å². The van der Waals surface area contributed by atoms with Gasteiger partial charge >= 0.3 is 0 Å². The van der Waals surface area contributed by atoms with E-state index in [1.54, 1.807) is 0 Å². The Balaban J connectivity index is 1.72. The molecule has 4 heteroatoms. The van der Waals surface area contributed by atoms with Crippen LogP contribution in [0.3, 0.4) is 0 Å².